The van der Waals surface area contributed by atoms with E-state index in [0.717, 1.165) is 4.90 Å². The van der Waals surface area contributed by atoms with Gasteiger partial charge in [0.2, 0.25) is 5.91 Å². The second-order valence-electron chi connectivity index (χ2n) is 3.97. The first-order valence-electron chi connectivity index (χ1n) is 5.73. The molecule has 0 fully saturated rings. The van der Waals surface area contributed by atoms with Crippen molar-refractivity contribution in [1.29, 1.82) is 0 Å². The number of nitro benzene ring substituents is 1. The molecule has 0 saturated carbocycles. The molecule has 0 heterocycles. The fourth-order valence-corrected chi connectivity index (χ4v) is 1.46. The third kappa shape index (κ3) is 4.56. The van der Waals surface area contributed by atoms with Crippen LogP contribution in [0.5, 0.6) is 5.75 Å². The van der Waals surface area contributed by atoms with Crippen molar-refractivity contribution in [3.8, 4) is 5.75 Å². The van der Waals surface area contributed by atoms with Gasteiger partial charge in [0.05, 0.1) is 18.0 Å². The smallest absolute Gasteiger partial charge is 0.323 e. The van der Waals surface area contributed by atoms with E-state index in [4.69, 9.17) is 9.84 Å². The molecule has 0 saturated heterocycles. The molecule has 1 N–H and O–H groups in total. The van der Waals surface area contributed by atoms with Crippen LogP contribution < -0.4 is 4.74 Å². The standard InChI is InChI=1S/C12H14N2O6/c1-13(8-12(16)17)11(15)6-7-20-10-5-3-2-4-9(10)14(18)19/h2-5H,6-8H2,1H3,(H,16,17). The summed E-state index contributed by atoms with van der Waals surface area (Å²) < 4.78 is 5.19. The number of nitro groups is 1. The van der Waals surface area contributed by atoms with Gasteiger partial charge in [-0.15, -0.1) is 0 Å². The van der Waals surface area contributed by atoms with Crippen LogP contribution in [-0.2, 0) is 9.59 Å². The van der Waals surface area contributed by atoms with Crippen LogP contribution in [0, 0.1) is 10.1 Å². The number of amides is 1. The summed E-state index contributed by atoms with van der Waals surface area (Å²) in [6.07, 6.45) is -0.0597. The number of rotatable bonds is 7. The van der Waals surface area contributed by atoms with Gasteiger partial charge in [-0.3, -0.25) is 19.7 Å². The van der Waals surface area contributed by atoms with Gasteiger partial charge in [-0.2, -0.15) is 0 Å². The number of likely N-dealkylation sites (N-methyl/N-ethyl adjacent to an activating group) is 1. The SMILES string of the molecule is CN(CC(=O)O)C(=O)CCOc1ccccc1[N+](=O)[O-]. The van der Waals surface area contributed by atoms with Gasteiger partial charge >= 0.3 is 11.7 Å². The summed E-state index contributed by atoms with van der Waals surface area (Å²) in [5, 5.41) is 19.3. The monoisotopic (exact) mass is 282 g/mol. The van der Waals surface area contributed by atoms with Crippen molar-refractivity contribution in [2.24, 2.45) is 0 Å². The van der Waals surface area contributed by atoms with Crippen LogP contribution in [0.3, 0.4) is 0 Å². The molecule has 8 heteroatoms. The van der Waals surface area contributed by atoms with E-state index in [2.05, 4.69) is 0 Å². The maximum atomic E-state index is 11.5. The van der Waals surface area contributed by atoms with Gasteiger partial charge < -0.3 is 14.7 Å². The molecular formula is C12H14N2O6. The van der Waals surface area contributed by atoms with Crippen molar-refractivity contribution in [3.63, 3.8) is 0 Å². The third-order valence-electron chi connectivity index (χ3n) is 2.43. The predicted molar refractivity (Wildman–Crippen MR) is 68.5 cm³/mol. The highest BCUT2D eigenvalue weighted by Gasteiger charge is 2.15. The molecule has 0 unspecified atom stereocenters. The zero-order valence-corrected chi connectivity index (χ0v) is 10.8. The Hall–Kier alpha value is -2.64. The lowest BCUT2D eigenvalue weighted by Gasteiger charge is -2.14. The van der Waals surface area contributed by atoms with Crippen molar-refractivity contribution >= 4 is 17.6 Å². The van der Waals surface area contributed by atoms with Gasteiger partial charge in [0.25, 0.3) is 0 Å². The molecule has 8 nitrogen and oxygen atoms in total. The summed E-state index contributed by atoms with van der Waals surface area (Å²) in [6.45, 7) is -0.460. The number of carboxylic acids is 1. The summed E-state index contributed by atoms with van der Waals surface area (Å²) >= 11 is 0. The van der Waals surface area contributed by atoms with Crippen LogP contribution in [0.2, 0.25) is 0 Å². The van der Waals surface area contributed by atoms with E-state index in [1.807, 2.05) is 0 Å². The van der Waals surface area contributed by atoms with Crippen LogP contribution in [0.25, 0.3) is 0 Å². The number of aliphatic carboxylic acids is 1. The summed E-state index contributed by atoms with van der Waals surface area (Å²) in [4.78, 5) is 33.2. The van der Waals surface area contributed by atoms with Gasteiger partial charge in [-0.05, 0) is 6.07 Å². The minimum atomic E-state index is -1.11. The number of para-hydroxylation sites is 2. The second kappa shape index (κ2) is 7.07. The number of carboxylic acid groups (broad SMARTS) is 1. The molecule has 1 aromatic rings. The fraction of sp³-hybridized carbons (Fsp3) is 0.333. The molecule has 0 aliphatic rings. The maximum Gasteiger partial charge on any atom is 0.323 e. The highest BCUT2D eigenvalue weighted by Crippen LogP contribution is 2.25. The van der Waals surface area contributed by atoms with Crippen LogP contribution in [0.1, 0.15) is 6.42 Å². The topological polar surface area (TPSA) is 110 Å². The summed E-state index contributed by atoms with van der Waals surface area (Å²) in [7, 11) is 1.36. The lowest BCUT2D eigenvalue weighted by molar-refractivity contribution is -0.385. The Morgan fingerprint density at radius 1 is 1.40 bits per heavy atom. The largest absolute Gasteiger partial charge is 0.486 e. The molecule has 0 atom stereocenters. The number of nitrogens with zero attached hydrogens (tertiary/aromatic N) is 2. The van der Waals surface area contributed by atoms with E-state index in [0.29, 0.717) is 0 Å². The minimum absolute atomic E-state index is 0.0597. The lowest BCUT2D eigenvalue weighted by Crippen LogP contribution is -2.32. The maximum absolute atomic E-state index is 11.5. The molecule has 1 amide bonds. The quantitative estimate of drug-likeness (QED) is 0.587. The van der Waals surface area contributed by atoms with Crippen molar-refractivity contribution in [1.82, 2.24) is 4.90 Å². The second-order valence-corrected chi connectivity index (χ2v) is 3.97. The molecule has 0 radical (unpaired) electrons. The Morgan fingerprint density at radius 2 is 2.05 bits per heavy atom. The highest BCUT2D eigenvalue weighted by molar-refractivity contribution is 5.81. The number of ether oxygens (including phenoxy) is 1. The Morgan fingerprint density at radius 3 is 2.65 bits per heavy atom. The van der Waals surface area contributed by atoms with Gasteiger partial charge in [-0.25, -0.2) is 0 Å². The van der Waals surface area contributed by atoms with Crippen molar-refractivity contribution in [2.45, 2.75) is 6.42 Å². The Balaban J connectivity index is 2.51. The Bertz CT molecular complexity index is 516. The zero-order valence-electron chi connectivity index (χ0n) is 10.8. The molecule has 0 aliphatic carbocycles. The molecule has 20 heavy (non-hydrogen) atoms. The summed E-state index contributed by atoms with van der Waals surface area (Å²) in [5.41, 5.74) is -0.182. The number of hydrogen-bond donors (Lipinski definition) is 1. The zero-order chi connectivity index (χ0) is 15.1. The fourth-order valence-electron chi connectivity index (χ4n) is 1.46. The Labute approximate surface area is 114 Å². The van der Waals surface area contributed by atoms with Gasteiger partial charge in [0.1, 0.15) is 6.54 Å². The predicted octanol–water partition coefficient (Wildman–Crippen LogP) is 0.907. The van der Waals surface area contributed by atoms with Crippen LogP contribution in [-0.4, -0.2) is 47.0 Å². The van der Waals surface area contributed by atoms with Crippen molar-refractivity contribution < 1.29 is 24.4 Å². The summed E-state index contributed by atoms with van der Waals surface area (Å²) in [6, 6.07) is 5.83. The molecule has 108 valence electrons. The van der Waals surface area contributed by atoms with Gasteiger partial charge in [0.15, 0.2) is 5.75 Å². The molecule has 1 rings (SSSR count). The molecule has 0 spiro atoms. The number of carbonyl (C=O) groups excluding carboxylic acids is 1. The number of benzene rings is 1. The Kier molecular flexibility index (Phi) is 5.45. The molecule has 1 aromatic carbocycles. The molecule has 0 aromatic heterocycles. The number of carbonyl (C=O) groups is 2. The van der Waals surface area contributed by atoms with Crippen LogP contribution in [0.4, 0.5) is 5.69 Å². The minimum Gasteiger partial charge on any atom is -0.486 e. The third-order valence-corrected chi connectivity index (χ3v) is 2.43. The van der Waals surface area contributed by atoms with Crippen LogP contribution >= 0.6 is 0 Å². The van der Waals surface area contributed by atoms with E-state index >= 15 is 0 Å². The average Bonchev–Trinajstić information content (AvgIpc) is 2.38. The van der Waals surface area contributed by atoms with Crippen LogP contribution in [0.15, 0.2) is 24.3 Å². The molecular weight excluding hydrogens is 268 g/mol. The first-order valence-corrected chi connectivity index (χ1v) is 5.73. The first kappa shape index (κ1) is 15.4. The van der Waals surface area contributed by atoms with Crippen molar-refractivity contribution in [3.05, 3.63) is 34.4 Å². The van der Waals surface area contributed by atoms with E-state index in [1.54, 1.807) is 6.07 Å². The highest BCUT2D eigenvalue weighted by atomic mass is 16.6. The normalized spacial score (nSPS) is 9.85. The van der Waals surface area contributed by atoms with Gasteiger partial charge in [-0.1, -0.05) is 12.1 Å². The lowest BCUT2D eigenvalue weighted by atomic mass is 10.3. The van der Waals surface area contributed by atoms with Crippen molar-refractivity contribution in [2.75, 3.05) is 20.2 Å². The number of hydrogen-bond acceptors (Lipinski definition) is 5. The first-order chi connectivity index (χ1) is 9.41. The van der Waals surface area contributed by atoms with Gasteiger partial charge in [0, 0.05) is 13.1 Å². The van der Waals surface area contributed by atoms with E-state index in [9.17, 15) is 19.7 Å². The molecule has 0 bridgehead atoms. The van der Waals surface area contributed by atoms with E-state index < -0.39 is 23.3 Å². The average molecular weight is 282 g/mol. The van der Waals surface area contributed by atoms with E-state index in [1.165, 1.54) is 25.2 Å². The molecule has 0 aliphatic heterocycles. The summed E-state index contributed by atoms with van der Waals surface area (Å²) in [5.74, 6) is -1.45. The van der Waals surface area contributed by atoms with E-state index in [-0.39, 0.29) is 24.5 Å².